The molecule has 0 spiro atoms. The van der Waals surface area contributed by atoms with E-state index in [0.717, 1.165) is 33.2 Å². The number of benzene rings is 1. The van der Waals surface area contributed by atoms with E-state index in [0.29, 0.717) is 0 Å². The number of aryl methyl sites for hydroxylation is 1. The number of imidazole rings is 1. The van der Waals surface area contributed by atoms with Crippen molar-refractivity contribution in [1.82, 2.24) is 19.6 Å². The van der Waals surface area contributed by atoms with Crippen LogP contribution in [0.3, 0.4) is 0 Å². The predicted octanol–water partition coefficient (Wildman–Crippen LogP) is 2.40. The maximum Gasteiger partial charge on any atom is 0.152 e. The van der Waals surface area contributed by atoms with Gasteiger partial charge in [0, 0.05) is 6.07 Å². The first-order valence-electron chi connectivity index (χ1n) is 5.11. The Balaban J connectivity index is 2.17. The Bertz CT molecular complexity index is 673. The summed E-state index contributed by atoms with van der Waals surface area (Å²) >= 11 is 1.34. The average Bonchev–Trinajstić information content (AvgIpc) is 2.93. The average molecular weight is 246 g/mol. The van der Waals surface area contributed by atoms with Crippen molar-refractivity contribution in [2.45, 2.75) is 6.92 Å². The summed E-state index contributed by atoms with van der Waals surface area (Å²) in [6.07, 6.45) is 0. The van der Waals surface area contributed by atoms with E-state index < -0.39 is 0 Å². The smallest absolute Gasteiger partial charge is 0.152 e. The molecule has 1 aromatic carbocycles. The summed E-state index contributed by atoms with van der Waals surface area (Å²) in [6, 6.07) is 5.75. The molecular weight excluding hydrogens is 236 g/mol. The molecule has 0 radical (unpaired) electrons. The van der Waals surface area contributed by atoms with Gasteiger partial charge in [0.25, 0.3) is 0 Å². The molecule has 0 aliphatic carbocycles. The number of hydrogen-bond acceptors (Lipinski definition) is 5. The lowest BCUT2D eigenvalue weighted by molar-refractivity contribution is 0.415. The van der Waals surface area contributed by atoms with Crippen LogP contribution >= 0.6 is 11.5 Å². The number of nitrogens with one attached hydrogen (secondary N) is 1. The van der Waals surface area contributed by atoms with Gasteiger partial charge >= 0.3 is 0 Å². The SMILES string of the molecule is COc1ccc2nc(-c3snnc3C)[nH]c2c1. The quantitative estimate of drug-likeness (QED) is 0.754. The maximum absolute atomic E-state index is 5.18. The first-order chi connectivity index (χ1) is 8.28. The highest BCUT2D eigenvalue weighted by atomic mass is 32.1. The van der Waals surface area contributed by atoms with Gasteiger partial charge in [-0.15, -0.1) is 5.10 Å². The number of nitrogens with zero attached hydrogens (tertiary/aromatic N) is 3. The third kappa shape index (κ3) is 1.66. The van der Waals surface area contributed by atoms with Crippen LogP contribution in [0.2, 0.25) is 0 Å². The lowest BCUT2D eigenvalue weighted by Crippen LogP contribution is -1.81. The van der Waals surface area contributed by atoms with Crippen molar-refractivity contribution >= 4 is 22.6 Å². The van der Waals surface area contributed by atoms with E-state index in [-0.39, 0.29) is 0 Å². The summed E-state index contributed by atoms with van der Waals surface area (Å²) in [7, 11) is 1.65. The number of ether oxygens (including phenoxy) is 1. The maximum atomic E-state index is 5.18. The van der Waals surface area contributed by atoms with Crippen LogP contribution in [0.4, 0.5) is 0 Å². The molecule has 0 aliphatic rings. The van der Waals surface area contributed by atoms with Crippen LogP contribution in [-0.4, -0.2) is 26.7 Å². The van der Waals surface area contributed by atoms with E-state index in [1.165, 1.54) is 11.5 Å². The Morgan fingerprint density at radius 2 is 2.24 bits per heavy atom. The summed E-state index contributed by atoms with van der Waals surface area (Å²) in [4.78, 5) is 8.74. The highest BCUT2D eigenvalue weighted by molar-refractivity contribution is 7.09. The van der Waals surface area contributed by atoms with Crippen LogP contribution < -0.4 is 4.74 Å². The molecule has 0 bridgehead atoms. The molecular formula is C11H10N4OS. The molecule has 0 amide bonds. The van der Waals surface area contributed by atoms with Crippen LogP contribution in [0.1, 0.15) is 5.69 Å². The first kappa shape index (κ1) is 10.2. The molecule has 2 aromatic heterocycles. The van der Waals surface area contributed by atoms with Gasteiger partial charge in [-0.05, 0) is 30.6 Å². The first-order valence-corrected chi connectivity index (χ1v) is 5.88. The molecule has 0 saturated carbocycles. The van der Waals surface area contributed by atoms with E-state index in [4.69, 9.17) is 4.74 Å². The zero-order valence-electron chi connectivity index (χ0n) is 9.39. The molecule has 0 fully saturated rings. The molecule has 0 aliphatic heterocycles. The molecule has 5 nitrogen and oxygen atoms in total. The van der Waals surface area contributed by atoms with Gasteiger partial charge in [0.05, 0.1) is 23.8 Å². The van der Waals surface area contributed by atoms with Crippen molar-refractivity contribution in [3.63, 3.8) is 0 Å². The minimum absolute atomic E-state index is 0.806. The normalized spacial score (nSPS) is 10.9. The second-order valence-electron chi connectivity index (χ2n) is 3.66. The van der Waals surface area contributed by atoms with Crippen molar-refractivity contribution < 1.29 is 4.74 Å². The third-order valence-electron chi connectivity index (χ3n) is 2.56. The van der Waals surface area contributed by atoms with Gasteiger partial charge in [-0.1, -0.05) is 4.49 Å². The van der Waals surface area contributed by atoms with Gasteiger partial charge in [0.1, 0.15) is 10.6 Å². The van der Waals surface area contributed by atoms with E-state index >= 15 is 0 Å². The number of rotatable bonds is 2. The van der Waals surface area contributed by atoms with Crippen LogP contribution in [0.25, 0.3) is 21.7 Å². The molecule has 86 valence electrons. The molecule has 3 aromatic rings. The predicted molar refractivity (Wildman–Crippen MR) is 66.3 cm³/mol. The Morgan fingerprint density at radius 1 is 1.35 bits per heavy atom. The lowest BCUT2D eigenvalue weighted by atomic mass is 10.3. The highest BCUT2D eigenvalue weighted by Crippen LogP contribution is 2.26. The summed E-state index contributed by atoms with van der Waals surface area (Å²) in [5.74, 6) is 1.62. The van der Waals surface area contributed by atoms with Gasteiger partial charge in [0.15, 0.2) is 5.82 Å². The van der Waals surface area contributed by atoms with Gasteiger partial charge in [-0.25, -0.2) is 4.98 Å². The van der Waals surface area contributed by atoms with E-state index in [2.05, 4.69) is 19.6 Å². The molecule has 0 unspecified atom stereocenters. The number of aromatic amines is 1. The molecule has 6 heteroatoms. The minimum atomic E-state index is 0.806. The zero-order chi connectivity index (χ0) is 11.8. The monoisotopic (exact) mass is 246 g/mol. The molecule has 17 heavy (non-hydrogen) atoms. The minimum Gasteiger partial charge on any atom is -0.497 e. The van der Waals surface area contributed by atoms with Crippen LogP contribution in [0.5, 0.6) is 5.75 Å². The highest BCUT2D eigenvalue weighted by Gasteiger charge is 2.11. The number of methoxy groups -OCH3 is 1. The summed E-state index contributed by atoms with van der Waals surface area (Å²) in [5, 5.41) is 3.98. The van der Waals surface area contributed by atoms with Crippen molar-refractivity contribution in [3.8, 4) is 16.5 Å². The van der Waals surface area contributed by atoms with Crippen LogP contribution in [0, 0.1) is 6.92 Å². The second kappa shape index (κ2) is 3.81. The Morgan fingerprint density at radius 3 is 2.94 bits per heavy atom. The largest absolute Gasteiger partial charge is 0.497 e. The van der Waals surface area contributed by atoms with Gasteiger partial charge in [-0.2, -0.15) is 0 Å². The van der Waals surface area contributed by atoms with E-state index in [1.54, 1.807) is 7.11 Å². The number of H-pyrrole nitrogens is 1. The van der Waals surface area contributed by atoms with Crippen LogP contribution in [-0.2, 0) is 0 Å². The van der Waals surface area contributed by atoms with Gasteiger partial charge in [0.2, 0.25) is 0 Å². The Kier molecular flexibility index (Phi) is 2.29. The number of aromatic nitrogens is 4. The Labute approximate surface area is 102 Å². The van der Waals surface area contributed by atoms with Crippen molar-refractivity contribution in [1.29, 1.82) is 0 Å². The third-order valence-corrected chi connectivity index (χ3v) is 3.39. The van der Waals surface area contributed by atoms with Crippen molar-refractivity contribution in [3.05, 3.63) is 23.9 Å². The van der Waals surface area contributed by atoms with E-state index in [1.807, 2.05) is 25.1 Å². The molecule has 0 saturated heterocycles. The molecule has 1 N–H and O–H groups in total. The number of hydrogen-bond donors (Lipinski definition) is 1. The van der Waals surface area contributed by atoms with Crippen LogP contribution in [0.15, 0.2) is 18.2 Å². The van der Waals surface area contributed by atoms with E-state index in [9.17, 15) is 0 Å². The zero-order valence-corrected chi connectivity index (χ0v) is 10.2. The van der Waals surface area contributed by atoms with Crippen molar-refractivity contribution in [2.75, 3.05) is 7.11 Å². The molecule has 2 heterocycles. The fourth-order valence-corrected chi connectivity index (χ4v) is 2.27. The summed E-state index contributed by atoms with van der Waals surface area (Å²) in [5.41, 5.74) is 2.75. The molecule has 0 atom stereocenters. The lowest BCUT2D eigenvalue weighted by Gasteiger charge is -1.96. The summed E-state index contributed by atoms with van der Waals surface area (Å²) < 4.78 is 9.09. The summed E-state index contributed by atoms with van der Waals surface area (Å²) in [6.45, 7) is 1.92. The fourth-order valence-electron chi connectivity index (χ4n) is 1.67. The standard InChI is InChI=1S/C11H10N4OS/c1-6-10(17-15-14-6)11-12-8-4-3-7(16-2)5-9(8)13-11/h3-5H,1-2H3,(H,12,13). The van der Waals surface area contributed by atoms with Gasteiger partial charge in [-0.3, -0.25) is 0 Å². The number of fused-ring (bicyclic) bond motifs is 1. The van der Waals surface area contributed by atoms with Gasteiger partial charge < -0.3 is 9.72 Å². The topological polar surface area (TPSA) is 63.7 Å². The van der Waals surface area contributed by atoms with Crippen molar-refractivity contribution in [2.24, 2.45) is 0 Å². The molecule has 3 rings (SSSR count). The fraction of sp³-hybridized carbons (Fsp3) is 0.182. The Hall–Kier alpha value is -1.95. The second-order valence-corrected chi connectivity index (χ2v) is 4.41.